The van der Waals surface area contributed by atoms with Crippen molar-refractivity contribution in [3.8, 4) is 0 Å². The number of hydrogen-bond acceptors (Lipinski definition) is 4. The van der Waals surface area contributed by atoms with Crippen molar-refractivity contribution in [2.24, 2.45) is 23.3 Å². The first-order valence-electron chi connectivity index (χ1n) is 11.7. The van der Waals surface area contributed by atoms with Crippen molar-refractivity contribution in [1.82, 2.24) is 0 Å². The van der Waals surface area contributed by atoms with Gasteiger partial charge in [0.15, 0.2) is 0 Å². The molecule has 0 saturated heterocycles. The molecule has 11 heteroatoms. The van der Waals surface area contributed by atoms with E-state index in [1.54, 1.807) is 20.8 Å². The fourth-order valence-electron chi connectivity index (χ4n) is 1.28. The van der Waals surface area contributed by atoms with Crippen LogP contribution in [0.2, 0.25) is 2.82 Å². The molecule has 3 atom stereocenters. The minimum atomic E-state index is -0.671. The van der Waals surface area contributed by atoms with Gasteiger partial charge in [-0.2, -0.15) is 25.2 Å². The van der Waals surface area contributed by atoms with E-state index < -0.39 is 11.9 Å². The summed E-state index contributed by atoms with van der Waals surface area (Å²) in [5.74, 6) is -1.60. The predicted molar refractivity (Wildman–Crippen MR) is 132 cm³/mol. The Labute approximate surface area is 212 Å². The van der Waals surface area contributed by atoms with Gasteiger partial charge >= 0.3 is 11.9 Å². The van der Waals surface area contributed by atoms with E-state index in [-0.39, 0.29) is 62.5 Å². The van der Waals surface area contributed by atoms with Gasteiger partial charge in [-0.3, -0.25) is 9.59 Å². The zero-order chi connectivity index (χ0) is 27.6. The molecular formula is C21H50N6O4Zn-4. The number of carbonyl (C=O) groups is 2. The van der Waals surface area contributed by atoms with Crippen LogP contribution < -0.4 is 11.5 Å². The van der Waals surface area contributed by atoms with Crippen LogP contribution in [0.4, 0.5) is 0 Å². The van der Waals surface area contributed by atoms with E-state index in [0.717, 1.165) is 25.7 Å². The zero-order valence-electron chi connectivity index (χ0n) is 23.3. The van der Waals surface area contributed by atoms with Crippen LogP contribution in [-0.2, 0) is 29.1 Å². The summed E-state index contributed by atoms with van der Waals surface area (Å²) in [5, 5.41) is 16.7. The average Bonchev–Trinajstić information content (AvgIpc) is 2.70. The van der Waals surface area contributed by atoms with E-state index in [1.807, 2.05) is 27.7 Å². The van der Waals surface area contributed by atoms with Crippen molar-refractivity contribution in [3.63, 3.8) is 0 Å². The molecule has 194 valence electrons. The Hall–Kier alpha value is -0.677. The standard InChI is InChI=1S/2C6H12O2.C3H10N2.2C3H8N2.Zn/c2*1-3-5(4-2)6(7)8;3*1-3(5)2-4;/h2*5H,3-4H2,1-2H3,(H,7,8);3H,2,4-5H2,1H3;2*3-5H,2H2,1H3;/q;;;2*-2;/i/hD2. The third-order valence-corrected chi connectivity index (χ3v) is 3.57. The van der Waals surface area contributed by atoms with Gasteiger partial charge in [0, 0.05) is 32.1 Å². The zero-order valence-corrected chi connectivity index (χ0v) is 24.2. The Kier molecular flexibility index (Phi) is 42.1. The maximum Gasteiger partial charge on any atom is 0.306 e. The van der Waals surface area contributed by atoms with Crippen LogP contribution >= 0.6 is 0 Å². The van der Waals surface area contributed by atoms with Crippen LogP contribution in [0, 0.1) is 11.8 Å². The second-order valence-electron chi connectivity index (χ2n) is 7.07. The second kappa shape index (κ2) is 34.9. The SMILES string of the molecule is CC([NH-])C[NH-].CC([NH-])C[NH-].CCC(CC)C(=O)O.CCC(CC)C(=O)O.[2H]N([2H])CC(C)N.[Zn]. The molecule has 0 saturated carbocycles. The molecule has 0 bridgehead atoms. The third kappa shape index (κ3) is 51.7. The summed E-state index contributed by atoms with van der Waals surface area (Å²) in [6.45, 7) is 13.5. The Morgan fingerprint density at radius 2 is 1.03 bits per heavy atom. The first kappa shape index (κ1) is 38.6. The number of carboxylic acid groups (broad SMARTS) is 2. The molecule has 0 aliphatic heterocycles. The van der Waals surface area contributed by atoms with Gasteiger partial charge in [-0.05, 0) is 32.6 Å². The van der Waals surface area contributed by atoms with Crippen molar-refractivity contribution in [2.45, 2.75) is 92.3 Å². The van der Waals surface area contributed by atoms with Gasteiger partial charge in [-0.1, -0.05) is 41.5 Å². The van der Waals surface area contributed by atoms with Gasteiger partial charge in [0.2, 0.25) is 0 Å². The Morgan fingerprint density at radius 1 is 0.812 bits per heavy atom. The molecule has 0 heterocycles. The van der Waals surface area contributed by atoms with Crippen LogP contribution in [0.1, 0.15) is 74.1 Å². The summed E-state index contributed by atoms with van der Waals surface area (Å²) in [6.07, 6.45) is 2.97. The second-order valence-corrected chi connectivity index (χ2v) is 7.07. The topological polar surface area (TPSA) is 222 Å². The summed E-state index contributed by atoms with van der Waals surface area (Å²) in [7, 11) is 0. The molecule has 3 unspecified atom stereocenters. The van der Waals surface area contributed by atoms with Crippen molar-refractivity contribution >= 4 is 11.9 Å². The van der Waals surface area contributed by atoms with Gasteiger partial charge in [0.1, 0.15) is 2.82 Å². The molecule has 0 aromatic rings. The first-order valence-corrected chi connectivity index (χ1v) is 10.8. The molecule has 0 spiro atoms. The van der Waals surface area contributed by atoms with E-state index >= 15 is 0 Å². The first-order chi connectivity index (χ1) is 15.1. The molecule has 0 fully saturated rings. The molecule has 0 aromatic heterocycles. The van der Waals surface area contributed by atoms with Crippen molar-refractivity contribution in [2.75, 3.05) is 19.6 Å². The quantitative estimate of drug-likeness (QED) is 0.282. The van der Waals surface area contributed by atoms with Gasteiger partial charge in [-0.15, -0.1) is 0 Å². The molecule has 0 rings (SSSR count). The molecule has 0 amide bonds. The maximum atomic E-state index is 10.2. The molecular weight excluding hydrogens is 466 g/mol. The van der Waals surface area contributed by atoms with Crippen LogP contribution in [0.15, 0.2) is 0 Å². The Balaban J connectivity index is -0.0000000726. The molecule has 0 aliphatic rings. The smallest absolute Gasteiger partial charge is 0.306 e. The van der Waals surface area contributed by atoms with E-state index in [2.05, 4.69) is 0 Å². The predicted octanol–water partition coefficient (Wildman–Crippen LogP) is 5.26. The molecule has 10 N–H and O–H groups in total. The summed E-state index contributed by atoms with van der Waals surface area (Å²) < 4.78 is 13.1. The van der Waals surface area contributed by atoms with Crippen LogP contribution in [0.3, 0.4) is 0 Å². The third-order valence-electron chi connectivity index (χ3n) is 3.57. The largest absolute Gasteiger partial charge is 0.679 e. The monoisotopic (exact) mass is 516 g/mol. The van der Waals surface area contributed by atoms with E-state index in [0.29, 0.717) is 12.3 Å². The number of nitrogens with one attached hydrogen (secondary N) is 4. The number of nitrogens with two attached hydrogens (primary N) is 2. The van der Waals surface area contributed by atoms with Crippen molar-refractivity contribution in [1.29, 1.82) is 0 Å². The minimum Gasteiger partial charge on any atom is -0.679 e. The Morgan fingerprint density at radius 3 is 1.03 bits per heavy atom. The summed E-state index contributed by atoms with van der Waals surface area (Å²) in [5.41, 5.74) is 32.0. The average molecular weight is 518 g/mol. The van der Waals surface area contributed by atoms with Crippen molar-refractivity contribution in [3.05, 3.63) is 22.9 Å². The van der Waals surface area contributed by atoms with Crippen LogP contribution in [0.5, 0.6) is 0 Å². The fourth-order valence-corrected chi connectivity index (χ4v) is 1.28. The number of carboxylic acids is 2. The maximum absolute atomic E-state index is 10.2. The normalized spacial score (nSPS) is 13.0. The van der Waals surface area contributed by atoms with Gasteiger partial charge in [-0.25, -0.2) is 0 Å². The van der Waals surface area contributed by atoms with Crippen LogP contribution in [-0.4, -0.2) is 59.9 Å². The van der Waals surface area contributed by atoms with Gasteiger partial charge in [0.05, 0.1) is 11.8 Å². The molecule has 10 nitrogen and oxygen atoms in total. The summed E-state index contributed by atoms with van der Waals surface area (Å²) in [4.78, 5) is 20.3. The van der Waals surface area contributed by atoms with Gasteiger partial charge in [0.25, 0.3) is 0 Å². The summed E-state index contributed by atoms with van der Waals surface area (Å²) in [6, 6.07) is -0.472. The Bertz CT molecular complexity index is 381. The number of rotatable bonds is 10. The minimum absolute atomic E-state index is 0. The van der Waals surface area contributed by atoms with E-state index in [9.17, 15) is 9.59 Å². The van der Waals surface area contributed by atoms with E-state index in [4.69, 9.17) is 41.7 Å². The van der Waals surface area contributed by atoms with E-state index in [1.165, 1.54) is 0 Å². The van der Waals surface area contributed by atoms with Gasteiger partial charge < -0.3 is 44.6 Å². The summed E-state index contributed by atoms with van der Waals surface area (Å²) >= 11 is 0. The van der Waals surface area contributed by atoms with Crippen LogP contribution in [0.25, 0.3) is 22.9 Å². The van der Waals surface area contributed by atoms with Crippen molar-refractivity contribution < 1.29 is 42.1 Å². The fraction of sp³-hybridized carbons (Fsp3) is 0.905. The molecule has 32 heavy (non-hydrogen) atoms. The molecule has 0 aromatic carbocycles. The number of hydrogen-bond donors (Lipinski definition) is 4. The molecule has 0 radical (unpaired) electrons. The number of aliphatic carboxylic acids is 2. The molecule has 0 aliphatic carbocycles.